The van der Waals surface area contributed by atoms with Crippen LogP contribution in [0.5, 0.6) is 17.2 Å². The molecule has 168 valence electrons. The van der Waals surface area contributed by atoms with E-state index in [1.165, 1.54) is 42.5 Å². The van der Waals surface area contributed by atoms with Gasteiger partial charge in [-0.1, -0.05) is 19.1 Å². The number of hydrogen-bond donors (Lipinski definition) is 5. The van der Waals surface area contributed by atoms with Gasteiger partial charge in [-0.05, 0) is 116 Å². The summed E-state index contributed by atoms with van der Waals surface area (Å²) in [6, 6.07) is 10.7. The van der Waals surface area contributed by atoms with E-state index in [1.54, 1.807) is 6.07 Å². The Labute approximate surface area is 184 Å². The van der Waals surface area contributed by atoms with Crippen molar-refractivity contribution >= 4 is 0 Å². The smallest absolute Gasteiger partial charge is 0.157 e. The fraction of sp³-hybridized carbons (Fsp3) is 0.538. The number of aryl methyl sites for hydroxylation is 1. The highest BCUT2D eigenvalue weighted by atomic mass is 16.3. The van der Waals surface area contributed by atoms with Crippen LogP contribution in [-0.4, -0.2) is 33.1 Å². The molecule has 2 fully saturated rings. The topological polar surface area (TPSA) is 107 Å². The molecule has 0 amide bonds. The summed E-state index contributed by atoms with van der Waals surface area (Å²) in [5.74, 6) is 2.31. The first-order valence-electron chi connectivity index (χ1n) is 11.5. The van der Waals surface area contributed by atoms with E-state index >= 15 is 0 Å². The van der Waals surface area contributed by atoms with Gasteiger partial charge in [-0.3, -0.25) is 0 Å². The molecule has 5 nitrogen and oxygen atoms in total. The first-order valence-corrected chi connectivity index (χ1v) is 11.5. The lowest BCUT2D eigenvalue weighted by Crippen LogP contribution is -2.43. The van der Waals surface area contributed by atoms with Gasteiger partial charge in [0, 0.05) is 0 Å². The normalized spacial score (nSPS) is 31.1. The minimum Gasteiger partial charge on any atom is -0.508 e. The number of phenolic OH excluding ortho intramolecular Hbond substituents is 3. The van der Waals surface area contributed by atoms with Crippen molar-refractivity contribution < 1.29 is 20.4 Å². The number of hydrogen-bond acceptors (Lipinski definition) is 5. The highest BCUT2D eigenvalue weighted by Gasteiger charge is 2.54. The first kappa shape index (κ1) is 22.0. The Morgan fingerprint density at radius 2 is 1.77 bits per heavy atom. The van der Waals surface area contributed by atoms with E-state index in [0.29, 0.717) is 30.6 Å². The van der Waals surface area contributed by atoms with Gasteiger partial charge in [0.15, 0.2) is 11.5 Å². The number of aliphatic hydroxyl groups is 1. The molecular formula is C26H35NO4. The van der Waals surface area contributed by atoms with Gasteiger partial charge in [-0.15, -0.1) is 0 Å². The van der Waals surface area contributed by atoms with Crippen LogP contribution in [0.4, 0.5) is 0 Å². The third-order valence-corrected chi connectivity index (χ3v) is 8.13. The van der Waals surface area contributed by atoms with Gasteiger partial charge in [0.05, 0.1) is 6.10 Å². The second kappa shape index (κ2) is 8.71. The molecule has 1 unspecified atom stereocenters. The third-order valence-electron chi connectivity index (χ3n) is 8.13. The summed E-state index contributed by atoms with van der Waals surface area (Å²) in [7, 11) is 0. The zero-order valence-electron chi connectivity index (χ0n) is 18.3. The molecule has 3 aliphatic carbocycles. The second-order valence-corrected chi connectivity index (χ2v) is 9.80. The Morgan fingerprint density at radius 1 is 0.968 bits per heavy atom. The second-order valence-electron chi connectivity index (χ2n) is 9.80. The monoisotopic (exact) mass is 425 g/mol. The summed E-state index contributed by atoms with van der Waals surface area (Å²) < 4.78 is 0. The lowest BCUT2D eigenvalue weighted by atomic mass is 9.55. The molecule has 0 saturated heterocycles. The van der Waals surface area contributed by atoms with Crippen molar-refractivity contribution in [2.24, 2.45) is 23.0 Å². The zero-order chi connectivity index (χ0) is 22.2. The minimum absolute atomic E-state index is 0.0871. The van der Waals surface area contributed by atoms with Crippen molar-refractivity contribution in [1.29, 1.82) is 0 Å². The van der Waals surface area contributed by atoms with Gasteiger partial charge in [-0.25, -0.2) is 0 Å². The number of rotatable bonds is 2. The van der Waals surface area contributed by atoms with E-state index in [9.17, 15) is 10.2 Å². The van der Waals surface area contributed by atoms with E-state index in [1.807, 2.05) is 12.1 Å². The van der Waals surface area contributed by atoms with Crippen molar-refractivity contribution in [3.05, 3.63) is 53.1 Å². The van der Waals surface area contributed by atoms with Crippen LogP contribution >= 0.6 is 0 Å². The standard InChI is InChI=1S/C18H24O2.C8H11NO2/c1-18-9-8-14-13-5-3-12(19)10-11(13)2-4-15(14)16(18)6-7-17(18)20;9-4-3-6-1-2-7(10)8(11)5-6/h3,5,10,14-17,19-20H,2,4,6-9H2,1H3;1-2,5,10-11H,3-4,9H2/t14-,15-,16+,17?,18+;/m1./s1. The zero-order valence-corrected chi connectivity index (χ0v) is 18.3. The molecule has 5 heteroatoms. The lowest BCUT2D eigenvalue weighted by molar-refractivity contribution is -0.0226. The lowest BCUT2D eigenvalue weighted by Gasteiger charge is -2.50. The van der Waals surface area contributed by atoms with Gasteiger partial charge in [-0.2, -0.15) is 0 Å². The van der Waals surface area contributed by atoms with Crippen molar-refractivity contribution in [2.45, 2.75) is 63.9 Å². The molecule has 0 heterocycles. The van der Waals surface area contributed by atoms with Gasteiger partial charge in [0.1, 0.15) is 5.75 Å². The van der Waals surface area contributed by atoms with Crippen molar-refractivity contribution in [3.63, 3.8) is 0 Å². The van der Waals surface area contributed by atoms with Gasteiger partial charge in [0.25, 0.3) is 0 Å². The first-order chi connectivity index (χ1) is 14.8. The van der Waals surface area contributed by atoms with Crippen LogP contribution in [0.15, 0.2) is 36.4 Å². The number of nitrogens with two attached hydrogens (primary N) is 1. The van der Waals surface area contributed by atoms with Gasteiger partial charge >= 0.3 is 0 Å². The fourth-order valence-electron chi connectivity index (χ4n) is 6.43. The maximum Gasteiger partial charge on any atom is 0.157 e. The van der Waals surface area contributed by atoms with Crippen LogP contribution in [-0.2, 0) is 12.8 Å². The number of fused-ring (bicyclic) bond motifs is 5. The summed E-state index contributed by atoms with van der Waals surface area (Å²) in [6.07, 6.45) is 7.50. The molecule has 5 rings (SSSR count). The van der Waals surface area contributed by atoms with Crippen LogP contribution < -0.4 is 5.73 Å². The molecular weight excluding hydrogens is 390 g/mol. The van der Waals surface area contributed by atoms with E-state index in [2.05, 4.69) is 13.0 Å². The predicted octanol–water partition coefficient (Wildman–Crippen LogP) is 4.21. The Hall–Kier alpha value is -2.24. The number of phenols is 3. The summed E-state index contributed by atoms with van der Waals surface area (Å²) in [5.41, 5.74) is 9.23. The largest absolute Gasteiger partial charge is 0.508 e. The summed E-state index contributed by atoms with van der Waals surface area (Å²) in [4.78, 5) is 0. The van der Waals surface area contributed by atoms with Crippen LogP contribution in [0, 0.1) is 17.3 Å². The molecule has 31 heavy (non-hydrogen) atoms. The average molecular weight is 426 g/mol. The van der Waals surface area contributed by atoms with E-state index in [-0.39, 0.29) is 23.0 Å². The molecule has 2 saturated carbocycles. The summed E-state index contributed by atoms with van der Waals surface area (Å²) >= 11 is 0. The molecule has 6 N–H and O–H groups in total. The van der Waals surface area contributed by atoms with Crippen LogP contribution in [0.2, 0.25) is 0 Å². The Kier molecular flexibility index (Phi) is 6.18. The Morgan fingerprint density at radius 3 is 2.52 bits per heavy atom. The Bertz CT molecular complexity index is 930. The van der Waals surface area contributed by atoms with Crippen molar-refractivity contribution in [3.8, 4) is 17.2 Å². The number of aliphatic hydroxyl groups excluding tert-OH is 1. The molecule has 5 atom stereocenters. The predicted molar refractivity (Wildman–Crippen MR) is 121 cm³/mol. The summed E-state index contributed by atoms with van der Waals surface area (Å²) in [6.45, 7) is 2.86. The molecule has 3 aliphatic rings. The molecule has 2 aromatic carbocycles. The minimum atomic E-state index is -0.0919. The van der Waals surface area contributed by atoms with Crippen molar-refractivity contribution in [2.75, 3.05) is 6.54 Å². The van der Waals surface area contributed by atoms with E-state index < -0.39 is 0 Å². The summed E-state index contributed by atoms with van der Waals surface area (Å²) in [5, 5.41) is 38.0. The number of benzene rings is 2. The maximum absolute atomic E-state index is 10.4. The molecule has 0 bridgehead atoms. The highest BCUT2D eigenvalue weighted by Crippen LogP contribution is 2.60. The molecule has 0 aromatic heterocycles. The average Bonchev–Trinajstić information content (AvgIpc) is 3.06. The van der Waals surface area contributed by atoms with E-state index in [4.69, 9.17) is 15.9 Å². The highest BCUT2D eigenvalue weighted by molar-refractivity contribution is 5.41. The Balaban J connectivity index is 0.000000180. The maximum atomic E-state index is 10.4. The molecule has 0 aliphatic heterocycles. The molecule has 0 spiro atoms. The van der Waals surface area contributed by atoms with Crippen LogP contribution in [0.1, 0.15) is 61.6 Å². The molecule has 2 aromatic rings. The van der Waals surface area contributed by atoms with Crippen LogP contribution in [0.3, 0.4) is 0 Å². The fourth-order valence-corrected chi connectivity index (χ4v) is 6.43. The molecule has 0 radical (unpaired) electrons. The van der Waals surface area contributed by atoms with Crippen LogP contribution in [0.25, 0.3) is 0 Å². The third kappa shape index (κ3) is 4.13. The van der Waals surface area contributed by atoms with Gasteiger partial charge < -0.3 is 26.2 Å². The van der Waals surface area contributed by atoms with Crippen molar-refractivity contribution in [1.82, 2.24) is 0 Å². The SMILES string of the molecule is C[C@]12CC[C@@H]3c4ccc(O)cc4CC[C@H]3[C@@H]1CCC2O.NCCc1ccc(O)c(O)c1. The quantitative estimate of drug-likeness (QED) is 0.464. The van der Waals surface area contributed by atoms with E-state index in [0.717, 1.165) is 30.7 Å². The van der Waals surface area contributed by atoms with Gasteiger partial charge in [0.2, 0.25) is 0 Å². The number of aromatic hydroxyl groups is 3.